The number of aromatic amines is 1. The van der Waals surface area contributed by atoms with E-state index in [1.807, 2.05) is 43.3 Å². The molecule has 0 saturated carbocycles. The Hall–Kier alpha value is -4.11. The Morgan fingerprint density at radius 2 is 2.03 bits per heavy atom. The number of imidazole rings is 1. The second-order valence-electron chi connectivity index (χ2n) is 7.16. The first-order chi connectivity index (χ1) is 15.5. The van der Waals surface area contributed by atoms with Gasteiger partial charge in [0.15, 0.2) is 5.82 Å². The third-order valence-corrected chi connectivity index (χ3v) is 5.30. The van der Waals surface area contributed by atoms with Crippen LogP contribution >= 0.6 is 11.6 Å². The van der Waals surface area contributed by atoms with E-state index in [9.17, 15) is 4.79 Å². The van der Waals surface area contributed by atoms with Crippen LogP contribution in [0.2, 0.25) is 5.02 Å². The van der Waals surface area contributed by atoms with Gasteiger partial charge in [0.1, 0.15) is 11.8 Å². The molecule has 5 rings (SSSR count). The van der Waals surface area contributed by atoms with E-state index in [1.54, 1.807) is 16.8 Å². The fraction of sp³-hybridized carbons (Fsp3) is 0.0909. The minimum absolute atomic E-state index is 0.199. The van der Waals surface area contributed by atoms with Crippen molar-refractivity contribution in [2.75, 3.05) is 17.6 Å². The van der Waals surface area contributed by atoms with Crippen LogP contribution < -0.4 is 16.4 Å². The van der Waals surface area contributed by atoms with E-state index in [0.29, 0.717) is 40.0 Å². The molecule has 0 spiro atoms. The number of nitrogens with zero attached hydrogens (tertiary/aromatic N) is 4. The van der Waals surface area contributed by atoms with Gasteiger partial charge in [0, 0.05) is 29.0 Å². The standard InChI is InChI=1S/C22H19ClN8O/c1-2-25-21(32)15-10-31-19(20(24)26-11-27-31)18(15)12-3-6-14(7-4-12)28-22-29-16-8-5-13(23)9-17(16)30-22/h3-11H,2H2,1H3,(H,25,32)(H2,24,26,27)(H2,28,29,30). The number of hydrogen-bond acceptors (Lipinski definition) is 6. The maximum absolute atomic E-state index is 12.7. The third kappa shape index (κ3) is 3.48. The summed E-state index contributed by atoms with van der Waals surface area (Å²) in [5.41, 5.74) is 11.2. The van der Waals surface area contributed by atoms with Crippen LogP contribution in [-0.2, 0) is 0 Å². The normalized spacial score (nSPS) is 11.2. The van der Waals surface area contributed by atoms with Crippen molar-refractivity contribution >= 4 is 51.5 Å². The summed E-state index contributed by atoms with van der Waals surface area (Å²) in [5, 5.41) is 10.9. The number of fused-ring (bicyclic) bond motifs is 2. The third-order valence-electron chi connectivity index (χ3n) is 5.06. The predicted octanol–water partition coefficient (Wildman–Crippen LogP) is 4.00. The maximum atomic E-state index is 12.7. The Labute approximate surface area is 187 Å². The molecule has 160 valence electrons. The lowest BCUT2D eigenvalue weighted by molar-refractivity contribution is 0.0956. The molecule has 3 aromatic heterocycles. The molecule has 32 heavy (non-hydrogen) atoms. The number of benzene rings is 2. The van der Waals surface area contributed by atoms with Gasteiger partial charge in [0.2, 0.25) is 5.95 Å². The van der Waals surface area contributed by atoms with Gasteiger partial charge in [-0.3, -0.25) is 4.79 Å². The molecule has 3 heterocycles. The molecule has 0 bridgehead atoms. The van der Waals surface area contributed by atoms with Crippen molar-refractivity contribution in [2.45, 2.75) is 6.92 Å². The van der Waals surface area contributed by atoms with Gasteiger partial charge >= 0.3 is 0 Å². The summed E-state index contributed by atoms with van der Waals surface area (Å²) in [7, 11) is 0. The first-order valence-electron chi connectivity index (χ1n) is 9.96. The van der Waals surface area contributed by atoms with E-state index < -0.39 is 0 Å². The van der Waals surface area contributed by atoms with Crippen molar-refractivity contribution < 1.29 is 4.79 Å². The minimum Gasteiger partial charge on any atom is -0.382 e. The molecule has 0 saturated heterocycles. The highest BCUT2D eigenvalue weighted by molar-refractivity contribution is 6.31. The topological polar surface area (TPSA) is 126 Å². The van der Waals surface area contributed by atoms with Gasteiger partial charge in [-0.15, -0.1) is 0 Å². The minimum atomic E-state index is -0.199. The summed E-state index contributed by atoms with van der Waals surface area (Å²) in [6.07, 6.45) is 3.03. The Morgan fingerprint density at radius 3 is 2.81 bits per heavy atom. The van der Waals surface area contributed by atoms with Crippen molar-refractivity contribution in [3.05, 3.63) is 65.6 Å². The molecule has 5 N–H and O–H groups in total. The molecule has 0 atom stereocenters. The molecule has 1 amide bonds. The van der Waals surface area contributed by atoms with Crippen LogP contribution in [0.15, 0.2) is 55.0 Å². The van der Waals surface area contributed by atoms with Gasteiger partial charge in [0.05, 0.1) is 16.6 Å². The van der Waals surface area contributed by atoms with Crippen LogP contribution in [0.4, 0.5) is 17.5 Å². The van der Waals surface area contributed by atoms with Gasteiger partial charge in [-0.05, 0) is 42.8 Å². The summed E-state index contributed by atoms with van der Waals surface area (Å²) in [4.78, 5) is 24.5. The number of H-pyrrole nitrogens is 1. The van der Waals surface area contributed by atoms with E-state index in [-0.39, 0.29) is 5.91 Å². The molecule has 0 fully saturated rings. The van der Waals surface area contributed by atoms with Gasteiger partial charge in [-0.25, -0.2) is 14.5 Å². The monoisotopic (exact) mass is 446 g/mol. The lowest BCUT2D eigenvalue weighted by Gasteiger charge is -2.08. The number of carbonyl (C=O) groups is 1. The Kier molecular flexibility index (Phi) is 4.87. The van der Waals surface area contributed by atoms with Crippen LogP contribution in [0.3, 0.4) is 0 Å². The molecule has 0 aliphatic heterocycles. The SMILES string of the molecule is CCNC(=O)c1cn2ncnc(N)c2c1-c1ccc(Nc2nc3ccc(Cl)cc3[nH]2)cc1. The van der Waals surface area contributed by atoms with E-state index in [4.69, 9.17) is 17.3 Å². The van der Waals surface area contributed by atoms with Gasteiger partial charge in [-0.2, -0.15) is 5.10 Å². The predicted molar refractivity (Wildman–Crippen MR) is 125 cm³/mol. The number of aromatic nitrogens is 5. The molecule has 0 unspecified atom stereocenters. The van der Waals surface area contributed by atoms with Gasteiger partial charge < -0.3 is 21.4 Å². The van der Waals surface area contributed by atoms with Crippen molar-refractivity contribution in [3.63, 3.8) is 0 Å². The van der Waals surface area contributed by atoms with Crippen molar-refractivity contribution in [2.24, 2.45) is 0 Å². The molecular weight excluding hydrogens is 428 g/mol. The number of amides is 1. The Bertz CT molecular complexity index is 1450. The molecule has 0 radical (unpaired) electrons. The fourth-order valence-corrected chi connectivity index (χ4v) is 3.83. The lowest BCUT2D eigenvalue weighted by Crippen LogP contribution is -2.22. The summed E-state index contributed by atoms with van der Waals surface area (Å²) in [6.45, 7) is 2.38. The number of anilines is 3. The van der Waals surface area contributed by atoms with E-state index in [0.717, 1.165) is 22.3 Å². The number of nitrogen functional groups attached to an aromatic ring is 1. The maximum Gasteiger partial charge on any atom is 0.253 e. The second kappa shape index (κ2) is 7.86. The highest BCUT2D eigenvalue weighted by atomic mass is 35.5. The van der Waals surface area contributed by atoms with Crippen LogP contribution in [0.5, 0.6) is 0 Å². The highest BCUT2D eigenvalue weighted by Crippen LogP contribution is 2.33. The van der Waals surface area contributed by atoms with Crippen molar-refractivity contribution in [1.82, 2.24) is 29.9 Å². The average Bonchev–Trinajstić information content (AvgIpc) is 3.36. The summed E-state index contributed by atoms with van der Waals surface area (Å²) >= 11 is 6.05. The van der Waals surface area contributed by atoms with Crippen LogP contribution in [0.25, 0.3) is 27.7 Å². The molecule has 10 heteroatoms. The fourth-order valence-electron chi connectivity index (χ4n) is 3.65. The van der Waals surface area contributed by atoms with Gasteiger partial charge in [0.25, 0.3) is 5.91 Å². The molecular formula is C22H19ClN8O. The van der Waals surface area contributed by atoms with E-state index in [2.05, 4.69) is 30.7 Å². The summed E-state index contributed by atoms with van der Waals surface area (Å²) in [5.74, 6) is 0.703. The number of halogens is 1. The largest absolute Gasteiger partial charge is 0.382 e. The zero-order chi connectivity index (χ0) is 22.2. The van der Waals surface area contributed by atoms with Gasteiger partial charge in [-0.1, -0.05) is 23.7 Å². The molecule has 0 aliphatic carbocycles. The van der Waals surface area contributed by atoms with Crippen molar-refractivity contribution in [1.29, 1.82) is 0 Å². The number of nitrogens with two attached hydrogens (primary N) is 1. The molecule has 2 aromatic carbocycles. The zero-order valence-corrected chi connectivity index (χ0v) is 17.8. The Morgan fingerprint density at radius 1 is 1.22 bits per heavy atom. The lowest BCUT2D eigenvalue weighted by atomic mass is 10.0. The smallest absolute Gasteiger partial charge is 0.253 e. The summed E-state index contributed by atoms with van der Waals surface area (Å²) < 4.78 is 1.58. The highest BCUT2D eigenvalue weighted by Gasteiger charge is 2.21. The van der Waals surface area contributed by atoms with Crippen LogP contribution in [0.1, 0.15) is 17.3 Å². The molecule has 5 aromatic rings. The number of carbonyl (C=O) groups excluding carboxylic acids is 1. The average molecular weight is 447 g/mol. The summed E-state index contributed by atoms with van der Waals surface area (Å²) in [6, 6.07) is 13.1. The first kappa shape index (κ1) is 19.8. The van der Waals surface area contributed by atoms with Crippen molar-refractivity contribution in [3.8, 4) is 11.1 Å². The second-order valence-corrected chi connectivity index (χ2v) is 7.60. The molecule has 0 aliphatic rings. The van der Waals surface area contributed by atoms with E-state index >= 15 is 0 Å². The van der Waals surface area contributed by atoms with Crippen LogP contribution in [-0.4, -0.2) is 37.0 Å². The quantitative estimate of drug-likeness (QED) is 0.323. The number of nitrogens with one attached hydrogen (secondary N) is 3. The number of hydrogen-bond donors (Lipinski definition) is 4. The zero-order valence-electron chi connectivity index (χ0n) is 17.1. The number of rotatable bonds is 5. The molecule has 9 nitrogen and oxygen atoms in total. The van der Waals surface area contributed by atoms with Crippen LogP contribution in [0, 0.1) is 0 Å². The first-order valence-corrected chi connectivity index (χ1v) is 10.3. The van der Waals surface area contributed by atoms with E-state index in [1.165, 1.54) is 6.33 Å². The Balaban J connectivity index is 1.51.